The first kappa shape index (κ1) is 9.21. The van der Waals surface area contributed by atoms with Crippen molar-refractivity contribution < 1.29 is 0 Å². The number of nitrogens with two attached hydrogens (primary N) is 1. The molecule has 3 N–H and O–H groups in total. The van der Waals surface area contributed by atoms with E-state index in [0.29, 0.717) is 0 Å². The molecule has 1 fully saturated rings. The number of hydrogen-bond donors (Lipinski definition) is 2. The number of halogens is 1. The van der Waals surface area contributed by atoms with Gasteiger partial charge < -0.3 is 11.1 Å². The lowest BCUT2D eigenvalue weighted by Gasteiger charge is -2.02. The van der Waals surface area contributed by atoms with Gasteiger partial charge in [-0.15, -0.1) is 12.4 Å². The second-order valence-corrected chi connectivity index (χ2v) is 2.44. The largest absolute Gasteiger partial charge is 0.330 e. The molecule has 0 saturated carbocycles. The SMILES string of the molecule is Cl.NCC[C@@H]1CCNC1. The van der Waals surface area contributed by atoms with Crippen molar-refractivity contribution in [3.8, 4) is 0 Å². The molecule has 2 nitrogen and oxygen atoms in total. The highest BCUT2D eigenvalue weighted by Gasteiger charge is 2.11. The summed E-state index contributed by atoms with van der Waals surface area (Å²) in [6, 6.07) is 0. The minimum Gasteiger partial charge on any atom is -0.330 e. The molecule has 3 heteroatoms. The minimum absolute atomic E-state index is 0. The van der Waals surface area contributed by atoms with E-state index >= 15 is 0 Å². The quantitative estimate of drug-likeness (QED) is 0.597. The highest BCUT2D eigenvalue weighted by atomic mass is 35.5. The molecule has 1 heterocycles. The predicted octanol–water partition coefficient (Wildman–Crippen LogP) is 0.366. The fourth-order valence-electron chi connectivity index (χ4n) is 1.20. The third kappa shape index (κ3) is 3.04. The van der Waals surface area contributed by atoms with E-state index in [1.165, 1.54) is 25.9 Å². The van der Waals surface area contributed by atoms with Gasteiger partial charge in [0.05, 0.1) is 0 Å². The van der Waals surface area contributed by atoms with E-state index in [1.54, 1.807) is 0 Å². The van der Waals surface area contributed by atoms with E-state index in [2.05, 4.69) is 5.32 Å². The summed E-state index contributed by atoms with van der Waals surface area (Å²) < 4.78 is 0. The molecular weight excluding hydrogens is 136 g/mol. The third-order valence-electron chi connectivity index (χ3n) is 1.74. The Bertz CT molecular complexity index is 62.1. The fourth-order valence-corrected chi connectivity index (χ4v) is 1.20. The Kier molecular flexibility index (Phi) is 5.15. The van der Waals surface area contributed by atoms with E-state index < -0.39 is 0 Å². The van der Waals surface area contributed by atoms with Gasteiger partial charge in [-0.3, -0.25) is 0 Å². The summed E-state index contributed by atoms with van der Waals surface area (Å²) in [6.45, 7) is 3.24. The van der Waals surface area contributed by atoms with Gasteiger partial charge >= 0.3 is 0 Å². The maximum atomic E-state index is 5.38. The summed E-state index contributed by atoms with van der Waals surface area (Å²) in [4.78, 5) is 0. The van der Waals surface area contributed by atoms with Gasteiger partial charge in [-0.1, -0.05) is 0 Å². The first-order chi connectivity index (χ1) is 3.93. The normalized spacial score (nSPS) is 25.7. The zero-order chi connectivity index (χ0) is 5.82. The maximum absolute atomic E-state index is 5.38. The van der Waals surface area contributed by atoms with E-state index in [9.17, 15) is 0 Å². The van der Waals surface area contributed by atoms with Crippen LogP contribution >= 0.6 is 12.4 Å². The summed E-state index contributed by atoms with van der Waals surface area (Å²) >= 11 is 0. The second kappa shape index (κ2) is 5.03. The van der Waals surface area contributed by atoms with Crippen LogP contribution < -0.4 is 11.1 Å². The Labute approximate surface area is 62.6 Å². The molecule has 0 aliphatic carbocycles. The lowest BCUT2D eigenvalue weighted by Crippen LogP contribution is -2.12. The van der Waals surface area contributed by atoms with Crippen molar-refractivity contribution in [1.82, 2.24) is 5.32 Å². The second-order valence-electron chi connectivity index (χ2n) is 2.44. The molecule has 1 aliphatic rings. The van der Waals surface area contributed by atoms with Gasteiger partial charge in [-0.25, -0.2) is 0 Å². The van der Waals surface area contributed by atoms with E-state index in [1.807, 2.05) is 0 Å². The number of nitrogens with one attached hydrogen (secondary N) is 1. The molecule has 0 unspecified atom stereocenters. The molecule has 0 aromatic heterocycles. The lowest BCUT2D eigenvalue weighted by molar-refractivity contribution is 0.541. The van der Waals surface area contributed by atoms with Crippen molar-refractivity contribution >= 4 is 12.4 Å². The fraction of sp³-hybridized carbons (Fsp3) is 1.00. The summed E-state index contributed by atoms with van der Waals surface area (Å²) in [7, 11) is 0. The molecule has 1 atom stereocenters. The molecule has 0 amide bonds. The van der Waals surface area contributed by atoms with Gasteiger partial charge in [0.25, 0.3) is 0 Å². The molecular formula is C6H15ClN2. The Morgan fingerprint density at radius 1 is 1.56 bits per heavy atom. The van der Waals surface area contributed by atoms with Gasteiger partial charge in [0.15, 0.2) is 0 Å². The first-order valence-electron chi connectivity index (χ1n) is 3.34. The summed E-state index contributed by atoms with van der Waals surface area (Å²) in [5.74, 6) is 0.875. The summed E-state index contributed by atoms with van der Waals surface area (Å²) in [5.41, 5.74) is 5.38. The Hall–Kier alpha value is 0.210. The van der Waals surface area contributed by atoms with Crippen LogP contribution in [0.2, 0.25) is 0 Å². The average molecular weight is 151 g/mol. The zero-order valence-electron chi connectivity index (χ0n) is 5.60. The van der Waals surface area contributed by atoms with Crippen LogP contribution in [-0.2, 0) is 0 Å². The molecule has 1 aliphatic heterocycles. The van der Waals surface area contributed by atoms with Crippen molar-refractivity contribution in [2.45, 2.75) is 12.8 Å². The summed E-state index contributed by atoms with van der Waals surface area (Å²) in [6.07, 6.45) is 2.53. The van der Waals surface area contributed by atoms with Crippen LogP contribution in [0.1, 0.15) is 12.8 Å². The summed E-state index contributed by atoms with van der Waals surface area (Å²) in [5, 5.41) is 3.30. The minimum atomic E-state index is 0. The van der Waals surface area contributed by atoms with E-state index in [4.69, 9.17) is 5.73 Å². The molecule has 0 aromatic carbocycles. The first-order valence-corrected chi connectivity index (χ1v) is 3.34. The molecule has 56 valence electrons. The monoisotopic (exact) mass is 150 g/mol. The molecule has 1 saturated heterocycles. The number of rotatable bonds is 2. The Morgan fingerprint density at radius 3 is 2.78 bits per heavy atom. The lowest BCUT2D eigenvalue weighted by atomic mass is 10.1. The molecule has 9 heavy (non-hydrogen) atoms. The van der Waals surface area contributed by atoms with Gasteiger partial charge in [-0.05, 0) is 38.4 Å². The van der Waals surface area contributed by atoms with E-state index in [-0.39, 0.29) is 12.4 Å². The number of hydrogen-bond acceptors (Lipinski definition) is 2. The molecule has 0 bridgehead atoms. The Morgan fingerprint density at radius 2 is 2.33 bits per heavy atom. The van der Waals surface area contributed by atoms with Crippen molar-refractivity contribution in [2.24, 2.45) is 11.7 Å². The maximum Gasteiger partial charge on any atom is -0.00196 e. The molecule has 0 spiro atoms. The van der Waals surface area contributed by atoms with Crippen LogP contribution in [0.4, 0.5) is 0 Å². The highest BCUT2D eigenvalue weighted by molar-refractivity contribution is 5.85. The van der Waals surface area contributed by atoms with Crippen LogP contribution in [0.25, 0.3) is 0 Å². The topological polar surface area (TPSA) is 38.0 Å². The van der Waals surface area contributed by atoms with Crippen molar-refractivity contribution in [2.75, 3.05) is 19.6 Å². The Balaban J connectivity index is 0.000000640. The van der Waals surface area contributed by atoms with Gasteiger partial charge in [0.2, 0.25) is 0 Å². The zero-order valence-corrected chi connectivity index (χ0v) is 6.41. The smallest absolute Gasteiger partial charge is 0.00196 e. The van der Waals surface area contributed by atoms with Crippen molar-refractivity contribution in [3.63, 3.8) is 0 Å². The van der Waals surface area contributed by atoms with Crippen LogP contribution in [0.3, 0.4) is 0 Å². The molecule has 0 radical (unpaired) electrons. The van der Waals surface area contributed by atoms with E-state index in [0.717, 1.165) is 12.5 Å². The van der Waals surface area contributed by atoms with Crippen molar-refractivity contribution in [1.29, 1.82) is 0 Å². The van der Waals surface area contributed by atoms with Crippen LogP contribution in [0, 0.1) is 5.92 Å². The predicted molar refractivity (Wildman–Crippen MR) is 41.9 cm³/mol. The van der Waals surface area contributed by atoms with Crippen LogP contribution in [0.15, 0.2) is 0 Å². The van der Waals surface area contributed by atoms with Gasteiger partial charge in [0, 0.05) is 0 Å². The van der Waals surface area contributed by atoms with Crippen LogP contribution in [0.5, 0.6) is 0 Å². The van der Waals surface area contributed by atoms with Gasteiger partial charge in [0.1, 0.15) is 0 Å². The molecule has 0 aromatic rings. The standard InChI is InChI=1S/C6H14N2.ClH/c7-3-1-6-2-4-8-5-6;/h6,8H,1-5,7H2;1H/t6-;/m1./s1. The molecule has 1 rings (SSSR count). The van der Waals surface area contributed by atoms with Crippen LogP contribution in [-0.4, -0.2) is 19.6 Å². The van der Waals surface area contributed by atoms with Gasteiger partial charge in [-0.2, -0.15) is 0 Å². The third-order valence-corrected chi connectivity index (χ3v) is 1.74. The van der Waals surface area contributed by atoms with Crippen molar-refractivity contribution in [3.05, 3.63) is 0 Å². The highest BCUT2D eigenvalue weighted by Crippen LogP contribution is 2.09. The average Bonchev–Trinajstić information content (AvgIpc) is 2.19.